The number of amides is 1. The number of benzene rings is 2. The van der Waals surface area contributed by atoms with Gasteiger partial charge in [-0.1, -0.05) is 30.3 Å². The second-order valence-electron chi connectivity index (χ2n) is 3.93. The summed E-state index contributed by atoms with van der Waals surface area (Å²) in [6.07, 6.45) is 0. The highest BCUT2D eigenvalue weighted by Crippen LogP contribution is 2.12. The van der Waals surface area contributed by atoms with Crippen molar-refractivity contribution in [1.29, 1.82) is 0 Å². The maximum absolute atomic E-state index is 11.5. The zero-order chi connectivity index (χ0) is 13.5. The van der Waals surface area contributed by atoms with Crippen LogP contribution < -0.4 is 10.2 Å². The minimum absolute atomic E-state index is 0.266. The van der Waals surface area contributed by atoms with Gasteiger partial charge in [0.1, 0.15) is 12.4 Å². The van der Waals surface area contributed by atoms with Gasteiger partial charge in [0.2, 0.25) is 0 Å². The van der Waals surface area contributed by atoms with E-state index in [9.17, 15) is 4.79 Å². The summed E-state index contributed by atoms with van der Waals surface area (Å²) >= 11 is 0. The number of hydrogen-bond donors (Lipinski definition) is 1. The van der Waals surface area contributed by atoms with Crippen LogP contribution in [-0.4, -0.2) is 13.0 Å². The molecule has 0 unspecified atom stereocenters. The van der Waals surface area contributed by atoms with E-state index in [0.717, 1.165) is 11.3 Å². The second kappa shape index (κ2) is 6.56. The molecule has 2 aromatic carbocycles. The number of hydrogen-bond acceptors (Lipinski definition) is 3. The lowest BCUT2D eigenvalue weighted by Crippen LogP contribution is -2.21. The molecule has 2 aromatic rings. The molecule has 1 N–H and O–H groups in total. The fourth-order valence-corrected chi connectivity index (χ4v) is 1.59. The maximum Gasteiger partial charge on any atom is 0.274 e. The van der Waals surface area contributed by atoms with E-state index in [2.05, 4.69) is 10.3 Å². The Morgan fingerprint density at radius 1 is 1.05 bits per heavy atom. The van der Waals surface area contributed by atoms with Crippen molar-refractivity contribution in [3.63, 3.8) is 0 Å². The summed E-state index contributed by atoms with van der Waals surface area (Å²) in [5.41, 5.74) is 3.81. The zero-order valence-electron chi connectivity index (χ0n) is 10.6. The average molecular weight is 257 g/mol. The van der Waals surface area contributed by atoms with Gasteiger partial charge in [-0.15, -0.1) is 0 Å². The Hall–Kier alpha value is -2.33. The standard InChI is InChI=1S/C15H15NO3/c1-18-16-15(17)13-9-7-12(8-10-13)11-19-14-5-3-2-4-6-14/h2-10H,11H2,1H3,(H,16,17). The van der Waals surface area contributed by atoms with Gasteiger partial charge in [-0.3, -0.25) is 9.63 Å². The van der Waals surface area contributed by atoms with Crippen LogP contribution >= 0.6 is 0 Å². The summed E-state index contributed by atoms with van der Waals surface area (Å²) in [6, 6.07) is 16.8. The number of carbonyl (C=O) groups excluding carboxylic acids is 1. The van der Waals surface area contributed by atoms with Crippen LogP contribution in [0.15, 0.2) is 54.6 Å². The molecule has 1 amide bonds. The molecule has 4 nitrogen and oxygen atoms in total. The summed E-state index contributed by atoms with van der Waals surface area (Å²) in [7, 11) is 1.40. The molecular formula is C15H15NO3. The Bertz CT molecular complexity index is 523. The molecule has 0 spiro atoms. The van der Waals surface area contributed by atoms with Crippen LogP contribution in [0.25, 0.3) is 0 Å². The van der Waals surface area contributed by atoms with E-state index in [0.29, 0.717) is 12.2 Å². The molecule has 0 aromatic heterocycles. The Morgan fingerprint density at radius 3 is 2.37 bits per heavy atom. The molecule has 0 bridgehead atoms. The van der Waals surface area contributed by atoms with E-state index < -0.39 is 0 Å². The molecule has 98 valence electrons. The molecule has 19 heavy (non-hydrogen) atoms. The SMILES string of the molecule is CONC(=O)c1ccc(COc2ccccc2)cc1. The Balaban J connectivity index is 1.94. The lowest BCUT2D eigenvalue weighted by molar-refractivity contribution is 0.0537. The third-order valence-electron chi connectivity index (χ3n) is 2.56. The largest absolute Gasteiger partial charge is 0.489 e. The van der Waals surface area contributed by atoms with E-state index >= 15 is 0 Å². The quantitative estimate of drug-likeness (QED) is 0.837. The van der Waals surface area contributed by atoms with Crippen molar-refractivity contribution < 1.29 is 14.4 Å². The summed E-state index contributed by atoms with van der Waals surface area (Å²) in [5.74, 6) is 0.557. The molecule has 0 aliphatic carbocycles. The Labute approximate surface area is 111 Å². The van der Waals surface area contributed by atoms with Crippen LogP contribution in [0.2, 0.25) is 0 Å². The zero-order valence-corrected chi connectivity index (χ0v) is 10.6. The smallest absolute Gasteiger partial charge is 0.274 e. The van der Waals surface area contributed by atoms with Crippen molar-refractivity contribution in [3.05, 3.63) is 65.7 Å². The van der Waals surface area contributed by atoms with Crippen LogP contribution in [0.4, 0.5) is 0 Å². The normalized spacial score (nSPS) is 9.95. The topological polar surface area (TPSA) is 47.6 Å². The van der Waals surface area contributed by atoms with Gasteiger partial charge in [0.25, 0.3) is 5.91 Å². The fourth-order valence-electron chi connectivity index (χ4n) is 1.59. The average Bonchev–Trinajstić information content (AvgIpc) is 2.47. The summed E-state index contributed by atoms with van der Waals surface area (Å²) in [5, 5.41) is 0. The first-order valence-corrected chi connectivity index (χ1v) is 5.89. The first kappa shape index (κ1) is 13.1. The van der Waals surface area contributed by atoms with Gasteiger partial charge in [0.15, 0.2) is 0 Å². The van der Waals surface area contributed by atoms with Crippen LogP contribution in [0.3, 0.4) is 0 Å². The lowest BCUT2D eigenvalue weighted by atomic mass is 10.1. The predicted octanol–water partition coefficient (Wildman–Crippen LogP) is 2.56. The number of para-hydroxylation sites is 1. The minimum Gasteiger partial charge on any atom is -0.489 e. The van der Waals surface area contributed by atoms with Crippen molar-refractivity contribution in [2.75, 3.05) is 7.11 Å². The summed E-state index contributed by atoms with van der Waals surface area (Å²) < 4.78 is 5.61. The summed E-state index contributed by atoms with van der Waals surface area (Å²) in [4.78, 5) is 16.0. The second-order valence-corrected chi connectivity index (χ2v) is 3.93. The number of carbonyl (C=O) groups is 1. The fraction of sp³-hybridized carbons (Fsp3) is 0.133. The van der Waals surface area contributed by atoms with E-state index in [1.54, 1.807) is 12.1 Å². The van der Waals surface area contributed by atoms with E-state index in [4.69, 9.17) is 4.74 Å². The molecule has 0 radical (unpaired) electrons. The van der Waals surface area contributed by atoms with Gasteiger partial charge in [-0.25, -0.2) is 5.48 Å². The minimum atomic E-state index is -0.266. The van der Waals surface area contributed by atoms with Gasteiger partial charge in [-0.05, 0) is 29.8 Å². The highest BCUT2D eigenvalue weighted by atomic mass is 16.6. The number of nitrogens with one attached hydrogen (secondary N) is 1. The van der Waals surface area contributed by atoms with E-state index in [1.165, 1.54) is 7.11 Å². The predicted molar refractivity (Wildman–Crippen MR) is 71.7 cm³/mol. The monoisotopic (exact) mass is 257 g/mol. The number of ether oxygens (including phenoxy) is 1. The van der Waals surface area contributed by atoms with Crippen molar-refractivity contribution in [2.45, 2.75) is 6.61 Å². The van der Waals surface area contributed by atoms with E-state index in [1.807, 2.05) is 42.5 Å². The van der Waals surface area contributed by atoms with E-state index in [-0.39, 0.29) is 5.91 Å². The molecule has 2 rings (SSSR count). The van der Waals surface area contributed by atoms with Crippen LogP contribution in [-0.2, 0) is 11.4 Å². The third-order valence-corrected chi connectivity index (χ3v) is 2.56. The molecule has 0 saturated heterocycles. The van der Waals surface area contributed by atoms with Crippen LogP contribution in [0, 0.1) is 0 Å². The number of rotatable bonds is 5. The van der Waals surface area contributed by atoms with Gasteiger partial charge in [-0.2, -0.15) is 0 Å². The first-order valence-electron chi connectivity index (χ1n) is 5.89. The molecule has 0 atom stereocenters. The highest BCUT2D eigenvalue weighted by molar-refractivity contribution is 5.93. The molecule has 0 heterocycles. The molecule has 0 fully saturated rings. The van der Waals surface area contributed by atoms with Crippen LogP contribution in [0.1, 0.15) is 15.9 Å². The number of hydroxylamine groups is 1. The van der Waals surface area contributed by atoms with Crippen molar-refractivity contribution in [1.82, 2.24) is 5.48 Å². The molecule has 0 saturated carbocycles. The molecule has 0 aliphatic heterocycles. The van der Waals surface area contributed by atoms with Gasteiger partial charge in [0, 0.05) is 5.56 Å². The Kier molecular flexibility index (Phi) is 4.53. The Morgan fingerprint density at radius 2 is 1.74 bits per heavy atom. The third kappa shape index (κ3) is 3.82. The van der Waals surface area contributed by atoms with Crippen LogP contribution in [0.5, 0.6) is 5.75 Å². The molecular weight excluding hydrogens is 242 g/mol. The molecule has 0 aliphatic rings. The van der Waals surface area contributed by atoms with Gasteiger partial charge < -0.3 is 4.74 Å². The lowest BCUT2D eigenvalue weighted by Gasteiger charge is -2.07. The van der Waals surface area contributed by atoms with Crippen molar-refractivity contribution in [3.8, 4) is 5.75 Å². The highest BCUT2D eigenvalue weighted by Gasteiger charge is 2.04. The first-order chi connectivity index (χ1) is 9.29. The maximum atomic E-state index is 11.5. The summed E-state index contributed by atoms with van der Waals surface area (Å²) in [6.45, 7) is 0.468. The van der Waals surface area contributed by atoms with Crippen molar-refractivity contribution >= 4 is 5.91 Å². The van der Waals surface area contributed by atoms with Crippen molar-refractivity contribution in [2.24, 2.45) is 0 Å². The molecule has 4 heteroatoms. The van der Waals surface area contributed by atoms with Gasteiger partial charge in [0.05, 0.1) is 7.11 Å². The van der Waals surface area contributed by atoms with Gasteiger partial charge >= 0.3 is 0 Å².